The van der Waals surface area contributed by atoms with Crippen LogP contribution in [0.1, 0.15) is 17.0 Å². The first-order valence-electron chi connectivity index (χ1n) is 6.54. The molecule has 108 valence electrons. The SMILES string of the molecule is O=C(OCc1ccccc1)[C@H](C[N+](=O)[O-])c1ccccc1. The molecule has 5 nitrogen and oxygen atoms in total. The standard InChI is InChI=1S/C16H15NO4/c18-16(21-12-13-7-3-1-4-8-13)15(11-17(19)20)14-9-5-2-6-10-14/h1-10,15H,11-12H2/t15-/m1/s1. The molecule has 0 saturated carbocycles. The highest BCUT2D eigenvalue weighted by Crippen LogP contribution is 2.18. The molecule has 1 atom stereocenters. The fourth-order valence-corrected chi connectivity index (χ4v) is 1.98. The number of carbonyl (C=O) groups is 1. The quantitative estimate of drug-likeness (QED) is 0.465. The zero-order chi connectivity index (χ0) is 15.1. The predicted molar refractivity (Wildman–Crippen MR) is 77.3 cm³/mol. The van der Waals surface area contributed by atoms with Crippen LogP contribution in [-0.2, 0) is 16.1 Å². The van der Waals surface area contributed by atoms with Crippen molar-refractivity contribution >= 4 is 5.97 Å². The molecule has 0 aliphatic heterocycles. The fraction of sp³-hybridized carbons (Fsp3) is 0.188. The van der Waals surface area contributed by atoms with Crippen LogP contribution < -0.4 is 0 Å². The Kier molecular flexibility index (Phi) is 5.04. The second-order valence-corrected chi connectivity index (χ2v) is 4.57. The Bertz CT molecular complexity index is 598. The maximum Gasteiger partial charge on any atom is 0.320 e. The molecule has 0 aromatic heterocycles. The lowest BCUT2D eigenvalue weighted by Gasteiger charge is -2.13. The molecule has 0 N–H and O–H groups in total. The minimum absolute atomic E-state index is 0.112. The number of esters is 1. The van der Waals surface area contributed by atoms with Crippen molar-refractivity contribution in [3.05, 3.63) is 81.9 Å². The molecule has 0 saturated heterocycles. The molecular formula is C16H15NO4. The van der Waals surface area contributed by atoms with Crippen molar-refractivity contribution in [1.82, 2.24) is 0 Å². The van der Waals surface area contributed by atoms with Crippen LogP contribution in [0.4, 0.5) is 0 Å². The second kappa shape index (κ2) is 7.19. The third kappa shape index (κ3) is 4.42. The number of hydrogen-bond acceptors (Lipinski definition) is 4. The zero-order valence-electron chi connectivity index (χ0n) is 11.3. The van der Waals surface area contributed by atoms with E-state index in [0.717, 1.165) is 5.56 Å². The molecule has 0 aliphatic carbocycles. The van der Waals surface area contributed by atoms with Crippen LogP contribution in [0.25, 0.3) is 0 Å². The van der Waals surface area contributed by atoms with Gasteiger partial charge in [0.05, 0.1) is 0 Å². The minimum atomic E-state index is -0.884. The maximum atomic E-state index is 12.1. The predicted octanol–water partition coefficient (Wildman–Crippen LogP) is 2.79. The van der Waals surface area contributed by atoms with Crippen LogP contribution >= 0.6 is 0 Å². The summed E-state index contributed by atoms with van der Waals surface area (Å²) in [6, 6.07) is 17.9. The van der Waals surface area contributed by atoms with E-state index in [1.807, 2.05) is 30.3 Å². The van der Waals surface area contributed by atoms with Gasteiger partial charge in [0.25, 0.3) is 0 Å². The zero-order valence-corrected chi connectivity index (χ0v) is 11.3. The third-order valence-corrected chi connectivity index (χ3v) is 3.04. The Hall–Kier alpha value is -2.69. The lowest BCUT2D eigenvalue weighted by molar-refractivity contribution is -0.481. The third-order valence-electron chi connectivity index (χ3n) is 3.04. The molecular weight excluding hydrogens is 270 g/mol. The van der Waals surface area contributed by atoms with Crippen molar-refractivity contribution in [2.24, 2.45) is 0 Å². The van der Waals surface area contributed by atoms with Crippen LogP contribution in [0, 0.1) is 10.1 Å². The number of carbonyl (C=O) groups excluding carboxylic acids is 1. The lowest BCUT2D eigenvalue weighted by atomic mass is 9.99. The van der Waals surface area contributed by atoms with Crippen LogP contribution in [0.3, 0.4) is 0 Å². The molecule has 2 aromatic rings. The summed E-state index contributed by atoms with van der Waals surface area (Å²) >= 11 is 0. The first-order chi connectivity index (χ1) is 10.2. The molecule has 0 spiro atoms. The van der Waals surface area contributed by atoms with E-state index in [-0.39, 0.29) is 6.61 Å². The lowest BCUT2D eigenvalue weighted by Crippen LogP contribution is -2.23. The smallest absolute Gasteiger partial charge is 0.320 e. The molecule has 0 amide bonds. The summed E-state index contributed by atoms with van der Waals surface area (Å²) in [4.78, 5) is 22.4. The topological polar surface area (TPSA) is 69.4 Å². The van der Waals surface area contributed by atoms with Crippen molar-refractivity contribution in [2.45, 2.75) is 12.5 Å². The fourth-order valence-electron chi connectivity index (χ4n) is 1.98. The van der Waals surface area contributed by atoms with Crippen molar-refractivity contribution < 1.29 is 14.5 Å². The summed E-state index contributed by atoms with van der Waals surface area (Å²) < 4.78 is 5.20. The second-order valence-electron chi connectivity index (χ2n) is 4.57. The number of rotatable bonds is 6. The van der Waals surface area contributed by atoms with Crippen molar-refractivity contribution in [1.29, 1.82) is 0 Å². The van der Waals surface area contributed by atoms with E-state index in [9.17, 15) is 14.9 Å². The van der Waals surface area contributed by atoms with E-state index < -0.39 is 23.4 Å². The number of hydrogen-bond donors (Lipinski definition) is 0. The van der Waals surface area contributed by atoms with Gasteiger partial charge in [-0.05, 0) is 11.1 Å². The van der Waals surface area contributed by atoms with Gasteiger partial charge in [-0.1, -0.05) is 60.7 Å². The maximum absolute atomic E-state index is 12.1. The number of ether oxygens (including phenoxy) is 1. The van der Waals surface area contributed by atoms with Gasteiger partial charge in [0, 0.05) is 4.92 Å². The van der Waals surface area contributed by atoms with Gasteiger partial charge < -0.3 is 4.74 Å². The molecule has 21 heavy (non-hydrogen) atoms. The van der Waals surface area contributed by atoms with Gasteiger partial charge in [0.2, 0.25) is 6.54 Å². The summed E-state index contributed by atoms with van der Waals surface area (Å²) in [7, 11) is 0. The summed E-state index contributed by atoms with van der Waals surface area (Å²) in [5.41, 5.74) is 1.44. The molecule has 0 radical (unpaired) electrons. The number of benzene rings is 2. The average Bonchev–Trinajstić information content (AvgIpc) is 2.52. The highest BCUT2D eigenvalue weighted by molar-refractivity contribution is 5.78. The molecule has 0 unspecified atom stereocenters. The van der Waals surface area contributed by atoms with Crippen molar-refractivity contribution in [3.63, 3.8) is 0 Å². The summed E-state index contributed by atoms with van der Waals surface area (Å²) in [5.74, 6) is -1.47. The molecule has 0 fully saturated rings. The van der Waals surface area contributed by atoms with Gasteiger partial charge in [-0.2, -0.15) is 0 Å². The Morgan fingerprint density at radius 1 is 1.05 bits per heavy atom. The van der Waals surface area contributed by atoms with Gasteiger partial charge >= 0.3 is 5.97 Å². The van der Waals surface area contributed by atoms with Gasteiger partial charge in [-0.3, -0.25) is 14.9 Å². The van der Waals surface area contributed by atoms with E-state index in [2.05, 4.69) is 0 Å². The van der Waals surface area contributed by atoms with Crippen molar-refractivity contribution in [3.8, 4) is 0 Å². The van der Waals surface area contributed by atoms with Crippen LogP contribution in [0.5, 0.6) is 0 Å². The van der Waals surface area contributed by atoms with Gasteiger partial charge in [0.15, 0.2) is 0 Å². The summed E-state index contributed by atoms with van der Waals surface area (Å²) in [6.07, 6.45) is 0. The highest BCUT2D eigenvalue weighted by Gasteiger charge is 2.27. The largest absolute Gasteiger partial charge is 0.460 e. The van der Waals surface area contributed by atoms with E-state index in [1.165, 1.54) is 0 Å². The molecule has 0 aliphatic rings. The minimum Gasteiger partial charge on any atom is -0.460 e. The number of nitrogens with zero attached hydrogens (tertiary/aromatic N) is 1. The normalized spacial score (nSPS) is 11.6. The molecule has 0 bridgehead atoms. The molecule has 0 heterocycles. The monoisotopic (exact) mass is 285 g/mol. The van der Waals surface area contributed by atoms with Gasteiger partial charge in [0.1, 0.15) is 12.5 Å². The van der Waals surface area contributed by atoms with Gasteiger partial charge in [-0.15, -0.1) is 0 Å². The Morgan fingerprint density at radius 2 is 1.62 bits per heavy atom. The summed E-state index contributed by atoms with van der Waals surface area (Å²) in [5, 5.41) is 10.8. The van der Waals surface area contributed by atoms with Crippen molar-refractivity contribution in [2.75, 3.05) is 6.54 Å². The van der Waals surface area contributed by atoms with E-state index in [4.69, 9.17) is 4.74 Å². The molecule has 5 heteroatoms. The van der Waals surface area contributed by atoms with E-state index in [0.29, 0.717) is 5.56 Å². The molecule has 2 aromatic carbocycles. The van der Waals surface area contributed by atoms with E-state index in [1.54, 1.807) is 30.3 Å². The first-order valence-corrected chi connectivity index (χ1v) is 6.54. The Balaban J connectivity index is 2.06. The average molecular weight is 285 g/mol. The Labute approximate surface area is 122 Å². The number of nitro groups is 1. The van der Waals surface area contributed by atoms with Gasteiger partial charge in [-0.25, -0.2) is 0 Å². The Morgan fingerprint density at radius 3 is 2.19 bits per heavy atom. The van der Waals surface area contributed by atoms with Crippen LogP contribution in [0.2, 0.25) is 0 Å². The summed E-state index contributed by atoms with van der Waals surface area (Å²) in [6.45, 7) is -0.363. The van der Waals surface area contributed by atoms with Crippen LogP contribution in [0.15, 0.2) is 60.7 Å². The van der Waals surface area contributed by atoms with Crippen LogP contribution in [-0.4, -0.2) is 17.4 Å². The highest BCUT2D eigenvalue weighted by atomic mass is 16.6. The molecule has 2 rings (SSSR count). The van der Waals surface area contributed by atoms with E-state index >= 15 is 0 Å². The first kappa shape index (κ1) is 14.7.